The lowest BCUT2D eigenvalue weighted by Crippen LogP contribution is -2.22. The molecule has 0 saturated carbocycles. The topological polar surface area (TPSA) is 58.2 Å². The van der Waals surface area contributed by atoms with Crippen LogP contribution in [-0.4, -0.2) is 15.5 Å². The molecule has 104 valence electrons. The summed E-state index contributed by atoms with van der Waals surface area (Å²) in [5.41, 5.74) is 0. The van der Waals surface area contributed by atoms with E-state index in [0.717, 1.165) is 9.75 Å². The lowest BCUT2D eigenvalue weighted by atomic mass is 10.5. The van der Waals surface area contributed by atoms with E-state index < -0.39 is 10.0 Å². The normalized spacial score (nSPS) is 11.9. The molecule has 2 rings (SSSR count). The Morgan fingerprint density at radius 1 is 1.26 bits per heavy atom. The molecule has 0 spiro atoms. The Kier molecular flexibility index (Phi) is 4.99. The molecule has 0 atom stereocenters. The van der Waals surface area contributed by atoms with Crippen molar-refractivity contribution in [2.45, 2.75) is 18.0 Å². The number of rotatable bonds is 6. The van der Waals surface area contributed by atoms with E-state index in [4.69, 9.17) is 11.6 Å². The van der Waals surface area contributed by atoms with Gasteiger partial charge in [0.05, 0.1) is 9.23 Å². The van der Waals surface area contributed by atoms with Gasteiger partial charge >= 0.3 is 0 Å². The van der Waals surface area contributed by atoms with E-state index in [9.17, 15) is 8.42 Å². The highest BCUT2D eigenvalue weighted by atomic mass is 35.5. The SMILES string of the molecule is CNCc1cc(S(=O)(=O)NCc2ccc(Cl)s2)cs1. The van der Waals surface area contributed by atoms with Gasteiger partial charge in [0.2, 0.25) is 10.0 Å². The van der Waals surface area contributed by atoms with E-state index in [2.05, 4.69) is 10.0 Å². The molecule has 0 unspecified atom stereocenters. The van der Waals surface area contributed by atoms with E-state index in [1.165, 1.54) is 22.7 Å². The summed E-state index contributed by atoms with van der Waals surface area (Å²) in [4.78, 5) is 2.19. The predicted molar refractivity (Wildman–Crippen MR) is 80.4 cm³/mol. The van der Waals surface area contributed by atoms with Crippen molar-refractivity contribution in [1.82, 2.24) is 10.0 Å². The molecule has 0 fully saturated rings. The van der Waals surface area contributed by atoms with Crippen molar-refractivity contribution in [2.24, 2.45) is 0 Å². The highest BCUT2D eigenvalue weighted by molar-refractivity contribution is 7.89. The molecule has 0 bridgehead atoms. The van der Waals surface area contributed by atoms with Crippen LogP contribution >= 0.6 is 34.3 Å². The standard InChI is InChI=1S/C11H13ClN2O2S3/c1-13-5-9-4-10(7-17-9)19(15,16)14-6-8-2-3-11(12)18-8/h2-4,7,13-14H,5-6H2,1H3. The molecule has 0 aliphatic rings. The van der Waals surface area contributed by atoms with Crippen molar-refractivity contribution in [2.75, 3.05) is 7.05 Å². The molecule has 2 N–H and O–H groups in total. The maximum atomic E-state index is 12.1. The minimum atomic E-state index is -3.45. The summed E-state index contributed by atoms with van der Waals surface area (Å²) in [5, 5.41) is 4.64. The van der Waals surface area contributed by atoms with Gasteiger partial charge < -0.3 is 5.32 Å². The molecule has 8 heteroatoms. The van der Waals surface area contributed by atoms with Crippen molar-refractivity contribution in [3.63, 3.8) is 0 Å². The van der Waals surface area contributed by atoms with Crippen LogP contribution in [0, 0.1) is 0 Å². The zero-order chi connectivity index (χ0) is 13.9. The number of thiophene rings is 2. The molecular weight excluding hydrogens is 324 g/mol. The third-order valence-electron chi connectivity index (χ3n) is 2.36. The van der Waals surface area contributed by atoms with E-state index in [1.54, 1.807) is 17.5 Å². The minimum Gasteiger partial charge on any atom is -0.315 e. The minimum absolute atomic E-state index is 0.261. The molecular formula is C11H13ClN2O2S3. The van der Waals surface area contributed by atoms with Crippen LogP contribution in [0.25, 0.3) is 0 Å². The summed E-state index contributed by atoms with van der Waals surface area (Å²) in [6.07, 6.45) is 0. The first kappa shape index (κ1) is 15.0. The van der Waals surface area contributed by atoms with E-state index in [0.29, 0.717) is 15.8 Å². The first-order chi connectivity index (χ1) is 9.01. The largest absolute Gasteiger partial charge is 0.315 e. The third kappa shape index (κ3) is 4.01. The van der Waals surface area contributed by atoms with Gasteiger partial charge in [-0.15, -0.1) is 22.7 Å². The molecule has 0 aliphatic carbocycles. The summed E-state index contributed by atoms with van der Waals surface area (Å²) in [7, 11) is -1.62. The summed E-state index contributed by atoms with van der Waals surface area (Å²) >= 11 is 8.60. The Morgan fingerprint density at radius 2 is 2.05 bits per heavy atom. The van der Waals surface area contributed by atoms with Gasteiger partial charge in [-0.1, -0.05) is 11.6 Å². The Bertz CT molecular complexity index is 648. The van der Waals surface area contributed by atoms with Crippen LogP contribution in [0.15, 0.2) is 28.5 Å². The second-order valence-electron chi connectivity index (χ2n) is 3.81. The highest BCUT2D eigenvalue weighted by Gasteiger charge is 2.16. The Morgan fingerprint density at radius 3 is 2.68 bits per heavy atom. The molecule has 4 nitrogen and oxygen atoms in total. The third-order valence-corrected chi connectivity index (χ3v) is 6.05. The first-order valence-electron chi connectivity index (χ1n) is 5.47. The molecule has 0 radical (unpaired) electrons. The van der Waals surface area contributed by atoms with Crippen LogP contribution in [0.2, 0.25) is 4.34 Å². The Labute approximate surface area is 125 Å². The quantitative estimate of drug-likeness (QED) is 0.852. The monoisotopic (exact) mass is 336 g/mol. The summed E-state index contributed by atoms with van der Waals surface area (Å²) in [6, 6.07) is 5.26. The number of nitrogens with one attached hydrogen (secondary N) is 2. The first-order valence-corrected chi connectivity index (χ1v) is 9.03. The van der Waals surface area contributed by atoms with Gasteiger partial charge in [-0.05, 0) is 25.2 Å². The fourth-order valence-electron chi connectivity index (χ4n) is 1.46. The van der Waals surface area contributed by atoms with Crippen LogP contribution in [0.3, 0.4) is 0 Å². The van der Waals surface area contributed by atoms with Gasteiger partial charge in [0.15, 0.2) is 0 Å². The van der Waals surface area contributed by atoms with Crippen LogP contribution in [0.5, 0.6) is 0 Å². The Balaban J connectivity index is 2.04. The van der Waals surface area contributed by atoms with E-state index >= 15 is 0 Å². The lowest BCUT2D eigenvalue weighted by molar-refractivity contribution is 0.582. The molecule has 0 aliphatic heterocycles. The molecule has 0 aromatic carbocycles. The van der Waals surface area contributed by atoms with Gasteiger partial charge in [0, 0.05) is 28.2 Å². The van der Waals surface area contributed by atoms with Crippen LogP contribution in [0.4, 0.5) is 0 Å². The van der Waals surface area contributed by atoms with Crippen LogP contribution < -0.4 is 10.0 Å². The fourth-order valence-corrected chi connectivity index (χ4v) is 4.88. The van der Waals surface area contributed by atoms with Crippen molar-refractivity contribution in [1.29, 1.82) is 0 Å². The second kappa shape index (κ2) is 6.34. The zero-order valence-electron chi connectivity index (χ0n) is 10.1. The molecule has 2 aromatic heterocycles. The van der Waals surface area contributed by atoms with E-state index in [1.807, 2.05) is 13.1 Å². The van der Waals surface area contributed by atoms with Crippen molar-refractivity contribution >= 4 is 44.3 Å². The highest BCUT2D eigenvalue weighted by Crippen LogP contribution is 2.23. The molecule has 2 aromatic rings. The van der Waals surface area contributed by atoms with Gasteiger partial charge in [0.1, 0.15) is 0 Å². The van der Waals surface area contributed by atoms with Gasteiger partial charge in [-0.3, -0.25) is 0 Å². The van der Waals surface area contributed by atoms with Crippen LogP contribution in [-0.2, 0) is 23.1 Å². The van der Waals surface area contributed by atoms with Crippen LogP contribution in [0.1, 0.15) is 9.75 Å². The summed E-state index contributed by atoms with van der Waals surface area (Å²) < 4.78 is 27.4. The molecule has 19 heavy (non-hydrogen) atoms. The average Bonchev–Trinajstić information content (AvgIpc) is 2.97. The Hall–Kier alpha value is -0.440. The van der Waals surface area contributed by atoms with Gasteiger partial charge in [-0.2, -0.15) is 0 Å². The number of hydrogen-bond donors (Lipinski definition) is 2. The van der Waals surface area contributed by atoms with Gasteiger partial charge in [0.25, 0.3) is 0 Å². The second-order valence-corrected chi connectivity index (χ2v) is 8.37. The average molecular weight is 337 g/mol. The number of sulfonamides is 1. The number of halogens is 1. The smallest absolute Gasteiger partial charge is 0.241 e. The summed E-state index contributed by atoms with van der Waals surface area (Å²) in [5.74, 6) is 0. The summed E-state index contributed by atoms with van der Waals surface area (Å²) in [6.45, 7) is 0.928. The fraction of sp³-hybridized carbons (Fsp3) is 0.273. The van der Waals surface area contributed by atoms with Crippen molar-refractivity contribution in [3.8, 4) is 0 Å². The van der Waals surface area contributed by atoms with E-state index in [-0.39, 0.29) is 6.54 Å². The van der Waals surface area contributed by atoms with Crippen molar-refractivity contribution < 1.29 is 8.42 Å². The molecule has 0 amide bonds. The lowest BCUT2D eigenvalue weighted by Gasteiger charge is -2.02. The number of hydrogen-bond acceptors (Lipinski definition) is 5. The molecule has 2 heterocycles. The molecule has 0 saturated heterocycles. The maximum absolute atomic E-state index is 12.1. The predicted octanol–water partition coefficient (Wildman–Crippen LogP) is 2.66. The zero-order valence-corrected chi connectivity index (χ0v) is 13.3. The maximum Gasteiger partial charge on any atom is 0.241 e. The van der Waals surface area contributed by atoms with Crippen molar-refractivity contribution in [3.05, 3.63) is 37.7 Å². The van der Waals surface area contributed by atoms with Gasteiger partial charge in [-0.25, -0.2) is 13.1 Å².